The Morgan fingerprint density at radius 3 is 2.43 bits per heavy atom. The van der Waals surface area contributed by atoms with Crippen LogP contribution in [0, 0.1) is 0 Å². The molecule has 0 aliphatic rings. The minimum atomic E-state index is 0.550. The smallest absolute Gasteiger partial charge is 0.227 e. The molecule has 0 saturated carbocycles. The van der Waals surface area contributed by atoms with Crippen molar-refractivity contribution >= 4 is 34.4 Å². The largest absolute Gasteiger partial charge is 0.383 e. The fraction of sp³-hybridized carbons (Fsp3) is 0.190. The maximum Gasteiger partial charge on any atom is 0.227 e. The Bertz CT molecular complexity index is 1110. The molecule has 2 aromatic heterocycles. The van der Waals surface area contributed by atoms with E-state index in [1.165, 1.54) is 0 Å². The topological polar surface area (TPSA) is 72.9 Å². The first-order chi connectivity index (χ1) is 13.6. The number of benzene rings is 2. The van der Waals surface area contributed by atoms with E-state index in [9.17, 15) is 0 Å². The number of hydrogen-bond acceptors (Lipinski definition) is 5. The number of nitrogen functional groups attached to an aromatic ring is 1. The summed E-state index contributed by atoms with van der Waals surface area (Å²) in [5.41, 5.74) is 9.88. The Morgan fingerprint density at radius 2 is 1.75 bits per heavy atom. The lowest BCUT2D eigenvalue weighted by Gasteiger charge is -2.15. The SMILES string of the molecule is CCN(C)c1nc(-c2ccc(Cl)cc2)c2c(N)n(Cc3ccccc3)nc2n1. The molecule has 4 rings (SSSR count). The number of fused-ring (bicyclic) bond motifs is 1. The van der Waals surface area contributed by atoms with Crippen molar-refractivity contribution in [3.05, 3.63) is 65.2 Å². The lowest BCUT2D eigenvalue weighted by molar-refractivity contribution is 0.703. The van der Waals surface area contributed by atoms with Crippen LogP contribution in [0.25, 0.3) is 22.3 Å². The Hall–Kier alpha value is -3.12. The zero-order valence-corrected chi connectivity index (χ0v) is 16.6. The fourth-order valence-electron chi connectivity index (χ4n) is 3.05. The van der Waals surface area contributed by atoms with Gasteiger partial charge in [0.15, 0.2) is 5.65 Å². The van der Waals surface area contributed by atoms with Crippen molar-refractivity contribution in [2.75, 3.05) is 24.2 Å². The van der Waals surface area contributed by atoms with Crippen LogP contribution in [-0.2, 0) is 6.54 Å². The lowest BCUT2D eigenvalue weighted by Crippen LogP contribution is -2.19. The Labute approximate surface area is 168 Å². The number of hydrogen-bond donors (Lipinski definition) is 1. The number of aromatic nitrogens is 4. The Morgan fingerprint density at radius 1 is 1.04 bits per heavy atom. The molecule has 2 aromatic carbocycles. The first-order valence-corrected chi connectivity index (χ1v) is 9.49. The van der Waals surface area contributed by atoms with E-state index < -0.39 is 0 Å². The van der Waals surface area contributed by atoms with E-state index in [1.807, 2.05) is 66.5 Å². The van der Waals surface area contributed by atoms with Gasteiger partial charge in [-0.25, -0.2) is 9.67 Å². The van der Waals surface area contributed by atoms with Gasteiger partial charge in [-0.2, -0.15) is 4.98 Å². The molecule has 4 aromatic rings. The average Bonchev–Trinajstić information content (AvgIpc) is 3.03. The maximum absolute atomic E-state index is 6.49. The molecule has 0 radical (unpaired) electrons. The van der Waals surface area contributed by atoms with Gasteiger partial charge in [0.25, 0.3) is 0 Å². The van der Waals surface area contributed by atoms with Crippen LogP contribution in [0.15, 0.2) is 54.6 Å². The van der Waals surface area contributed by atoms with Crippen molar-refractivity contribution in [3.8, 4) is 11.3 Å². The first-order valence-electron chi connectivity index (χ1n) is 9.12. The molecule has 2 heterocycles. The molecule has 0 fully saturated rings. The van der Waals surface area contributed by atoms with E-state index >= 15 is 0 Å². The molecular formula is C21H21ClN6. The monoisotopic (exact) mass is 392 g/mol. The summed E-state index contributed by atoms with van der Waals surface area (Å²) in [4.78, 5) is 11.4. The highest BCUT2D eigenvalue weighted by atomic mass is 35.5. The van der Waals surface area contributed by atoms with Gasteiger partial charge < -0.3 is 10.6 Å². The summed E-state index contributed by atoms with van der Waals surface area (Å²) < 4.78 is 1.78. The number of halogens is 1. The van der Waals surface area contributed by atoms with Crippen LogP contribution in [0.2, 0.25) is 5.02 Å². The first kappa shape index (κ1) is 18.3. The van der Waals surface area contributed by atoms with Crippen LogP contribution in [-0.4, -0.2) is 33.3 Å². The molecule has 0 spiro atoms. The molecule has 6 nitrogen and oxygen atoms in total. The van der Waals surface area contributed by atoms with Gasteiger partial charge in [-0.15, -0.1) is 5.10 Å². The van der Waals surface area contributed by atoms with E-state index in [1.54, 1.807) is 4.68 Å². The van der Waals surface area contributed by atoms with E-state index in [0.29, 0.717) is 29.0 Å². The van der Waals surface area contributed by atoms with Gasteiger partial charge in [0, 0.05) is 24.2 Å². The summed E-state index contributed by atoms with van der Waals surface area (Å²) in [6.07, 6.45) is 0. The summed E-state index contributed by atoms with van der Waals surface area (Å²) >= 11 is 6.07. The molecule has 0 aliphatic carbocycles. The van der Waals surface area contributed by atoms with Crippen molar-refractivity contribution in [3.63, 3.8) is 0 Å². The third kappa shape index (κ3) is 3.39. The molecule has 142 valence electrons. The van der Waals surface area contributed by atoms with Crippen molar-refractivity contribution in [2.24, 2.45) is 0 Å². The summed E-state index contributed by atoms with van der Waals surface area (Å²) in [7, 11) is 1.96. The third-order valence-corrected chi connectivity index (χ3v) is 4.99. The lowest BCUT2D eigenvalue weighted by atomic mass is 10.1. The minimum Gasteiger partial charge on any atom is -0.383 e. The quantitative estimate of drug-likeness (QED) is 0.550. The van der Waals surface area contributed by atoms with Crippen LogP contribution < -0.4 is 10.6 Å². The average molecular weight is 393 g/mol. The molecule has 0 atom stereocenters. The van der Waals surface area contributed by atoms with Gasteiger partial charge in [0.05, 0.1) is 17.6 Å². The van der Waals surface area contributed by atoms with Crippen LogP contribution in [0.3, 0.4) is 0 Å². The van der Waals surface area contributed by atoms with E-state index in [0.717, 1.165) is 28.8 Å². The molecule has 0 unspecified atom stereocenters. The van der Waals surface area contributed by atoms with Gasteiger partial charge in [0.1, 0.15) is 5.82 Å². The maximum atomic E-state index is 6.49. The molecule has 7 heteroatoms. The molecule has 0 amide bonds. The van der Waals surface area contributed by atoms with Crippen molar-refractivity contribution < 1.29 is 0 Å². The van der Waals surface area contributed by atoms with Crippen LogP contribution in [0.5, 0.6) is 0 Å². The summed E-state index contributed by atoms with van der Waals surface area (Å²) in [6.45, 7) is 3.41. The highest BCUT2D eigenvalue weighted by molar-refractivity contribution is 6.30. The number of rotatable bonds is 5. The standard InChI is InChI=1S/C21H21ClN6/c1-3-27(2)21-24-18(15-9-11-16(22)12-10-15)17-19(23)28(26-20(17)25-21)13-14-7-5-4-6-8-14/h4-12H,3,13,23H2,1-2H3. The van der Waals surface area contributed by atoms with Crippen molar-refractivity contribution in [1.82, 2.24) is 19.7 Å². The van der Waals surface area contributed by atoms with Gasteiger partial charge in [0.2, 0.25) is 5.95 Å². The van der Waals surface area contributed by atoms with Gasteiger partial charge in [-0.3, -0.25) is 0 Å². The van der Waals surface area contributed by atoms with Crippen LogP contribution in [0.4, 0.5) is 11.8 Å². The fourth-order valence-corrected chi connectivity index (χ4v) is 3.17. The number of nitrogens with zero attached hydrogens (tertiary/aromatic N) is 5. The van der Waals surface area contributed by atoms with E-state index in [4.69, 9.17) is 22.3 Å². The van der Waals surface area contributed by atoms with Gasteiger partial charge >= 0.3 is 0 Å². The third-order valence-electron chi connectivity index (χ3n) is 4.74. The second-order valence-corrected chi connectivity index (χ2v) is 7.06. The Balaban J connectivity index is 1.91. The second kappa shape index (κ2) is 7.48. The van der Waals surface area contributed by atoms with Crippen LogP contribution >= 0.6 is 11.6 Å². The van der Waals surface area contributed by atoms with E-state index in [-0.39, 0.29) is 0 Å². The highest BCUT2D eigenvalue weighted by Gasteiger charge is 2.19. The van der Waals surface area contributed by atoms with Gasteiger partial charge in [-0.05, 0) is 24.6 Å². The summed E-state index contributed by atoms with van der Waals surface area (Å²) in [6, 6.07) is 17.7. The highest BCUT2D eigenvalue weighted by Crippen LogP contribution is 2.32. The molecule has 0 aliphatic heterocycles. The van der Waals surface area contributed by atoms with Crippen molar-refractivity contribution in [1.29, 1.82) is 0 Å². The molecule has 0 bridgehead atoms. The summed E-state index contributed by atoms with van der Waals surface area (Å²) in [5.74, 6) is 1.17. The van der Waals surface area contributed by atoms with Crippen molar-refractivity contribution in [2.45, 2.75) is 13.5 Å². The van der Waals surface area contributed by atoms with Crippen LogP contribution in [0.1, 0.15) is 12.5 Å². The number of anilines is 2. The van der Waals surface area contributed by atoms with Gasteiger partial charge in [-0.1, -0.05) is 54.1 Å². The zero-order valence-electron chi connectivity index (χ0n) is 15.8. The molecule has 2 N–H and O–H groups in total. The van der Waals surface area contributed by atoms with E-state index in [2.05, 4.69) is 17.0 Å². The molecular weight excluding hydrogens is 372 g/mol. The predicted octanol–water partition coefficient (Wildman–Crippen LogP) is 4.23. The second-order valence-electron chi connectivity index (χ2n) is 6.62. The molecule has 28 heavy (non-hydrogen) atoms. The minimum absolute atomic E-state index is 0.550. The molecule has 0 saturated heterocycles. The Kier molecular flexibility index (Phi) is 4.88. The zero-order chi connectivity index (χ0) is 19.7. The number of nitrogens with two attached hydrogens (primary N) is 1. The summed E-state index contributed by atoms with van der Waals surface area (Å²) in [5, 5.41) is 6.11. The predicted molar refractivity (Wildman–Crippen MR) is 115 cm³/mol. The normalized spacial score (nSPS) is 11.1.